The van der Waals surface area contributed by atoms with Crippen molar-refractivity contribution in [3.63, 3.8) is 0 Å². The van der Waals surface area contributed by atoms with Gasteiger partial charge in [0.2, 0.25) is 5.28 Å². The maximum Gasteiger partial charge on any atom is 0.258 e. The van der Waals surface area contributed by atoms with Crippen molar-refractivity contribution < 1.29 is 9.18 Å². The normalized spacial score (nSPS) is 10.2. The lowest BCUT2D eigenvalue weighted by Gasteiger charge is -2.06. The Bertz CT molecular complexity index is 609. The lowest BCUT2D eigenvalue weighted by Crippen LogP contribution is -2.14. The smallest absolute Gasteiger partial charge is 0.258 e. The summed E-state index contributed by atoms with van der Waals surface area (Å²) in [7, 11) is 0. The summed E-state index contributed by atoms with van der Waals surface area (Å²) < 4.78 is 13.4. The Morgan fingerprint density at radius 2 is 2.17 bits per heavy atom. The van der Waals surface area contributed by atoms with Gasteiger partial charge >= 0.3 is 0 Å². The molecule has 1 N–H and O–H groups in total. The van der Waals surface area contributed by atoms with Crippen LogP contribution in [0.4, 0.5) is 10.2 Å². The summed E-state index contributed by atoms with van der Waals surface area (Å²) in [5, 5.41) is 2.52. The fourth-order valence-corrected chi connectivity index (χ4v) is 1.86. The zero-order valence-electron chi connectivity index (χ0n) is 8.82. The quantitative estimate of drug-likeness (QED) is 0.860. The van der Waals surface area contributed by atoms with Crippen LogP contribution in [0.15, 0.2) is 34.9 Å². The van der Waals surface area contributed by atoms with E-state index in [4.69, 9.17) is 11.6 Å². The second-order valence-corrected chi connectivity index (χ2v) is 4.40. The van der Waals surface area contributed by atoms with Crippen molar-refractivity contribution in [3.05, 3.63) is 51.6 Å². The van der Waals surface area contributed by atoms with E-state index in [1.54, 1.807) is 0 Å². The van der Waals surface area contributed by atoms with Crippen LogP contribution in [-0.2, 0) is 0 Å². The van der Waals surface area contributed by atoms with Crippen LogP contribution in [0.25, 0.3) is 0 Å². The van der Waals surface area contributed by atoms with Gasteiger partial charge in [-0.3, -0.25) is 4.79 Å². The number of hydrogen-bond donors (Lipinski definition) is 1. The molecule has 0 saturated heterocycles. The summed E-state index contributed by atoms with van der Waals surface area (Å²) in [6, 6.07) is 5.67. The van der Waals surface area contributed by atoms with Gasteiger partial charge in [-0.2, -0.15) is 0 Å². The first kappa shape index (κ1) is 12.9. The van der Waals surface area contributed by atoms with E-state index in [1.165, 1.54) is 30.5 Å². The predicted octanol–water partition coefficient (Wildman–Crippen LogP) is 3.28. The van der Waals surface area contributed by atoms with Gasteiger partial charge in [-0.1, -0.05) is 6.07 Å². The second kappa shape index (κ2) is 5.41. The first-order valence-electron chi connectivity index (χ1n) is 4.82. The van der Waals surface area contributed by atoms with Crippen molar-refractivity contribution in [1.82, 2.24) is 9.97 Å². The van der Waals surface area contributed by atoms with E-state index < -0.39 is 11.7 Å². The molecule has 0 bridgehead atoms. The summed E-state index contributed by atoms with van der Waals surface area (Å²) >= 11 is 8.60. The largest absolute Gasteiger partial charge is 0.306 e. The minimum absolute atomic E-state index is 0.0195. The van der Waals surface area contributed by atoms with Gasteiger partial charge in [0.15, 0.2) is 0 Å². The van der Waals surface area contributed by atoms with Crippen LogP contribution in [0, 0.1) is 5.82 Å². The topological polar surface area (TPSA) is 54.9 Å². The number of aromatic nitrogens is 2. The molecule has 0 fully saturated rings. The van der Waals surface area contributed by atoms with Crippen molar-refractivity contribution >= 4 is 39.3 Å². The third-order valence-electron chi connectivity index (χ3n) is 2.06. The number of anilines is 1. The predicted molar refractivity (Wildman–Crippen MR) is 69.1 cm³/mol. The first-order chi connectivity index (χ1) is 8.58. The van der Waals surface area contributed by atoms with Crippen LogP contribution in [0.1, 0.15) is 10.4 Å². The third kappa shape index (κ3) is 2.83. The molecule has 7 heteroatoms. The number of carbonyl (C=O) groups excluding carboxylic acids is 1. The number of benzene rings is 1. The fraction of sp³-hybridized carbons (Fsp3) is 0. The van der Waals surface area contributed by atoms with Crippen LogP contribution >= 0.6 is 27.5 Å². The molecule has 1 aromatic carbocycles. The summed E-state index contributed by atoms with van der Waals surface area (Å²) in [6.45, 7) is 0. The van der Waals surface area contributed by atoms with Crippen molar-refractivity contribution in [1.29, 1.82) is 0 Å². The molecule has 0 aliphatic carbocycles. The zero-order chi connectivity index (χ0) is 13.1. The molecule has 18 heavy (non-hydrogen) atoms. The summed E-state index contributed by atoms with van der Waals surface area (Å²) in [4.78, 5) is 19.4. The molecule has 1 amide bonds. The van der Waals surface area contributed by atoms with Gasteiger partial charge in [0.1, 0.15) is 11.6 Å². The Hall–Kier alpha value is -1.53. The van der Waals surface area contributed by atoms with E-state index in [-0.39, 0.29) is 21.1 Å². The highest BCUT2D eigenvalue weighted by Gasteiger charge is 2.13. The van der Waals surface area contributed by atoms with E-state index in [1.807, 2.05) is 0 Å². The van der Waals surface area contributed by atoms with Crippen LogP contribution in [0.5, 0.6) is 0 Å². The highest BCUT2D eigenvalue weighted by Crippen LogP contribution is 2.21. The fourth-order valence-electron chi connectivity index (χ4n) is 1.27. The molecule has 0 aliphatic rings. The highest BCUT2D eigenvalue weighted by atomic mass is 79.9. The molecular weight excluding hydrogens is 324 g/mol. The summed E-state index contributed by atoms with van der Waals surface area (Å²) in [5.41, 5.74) is 0.171. The van der Waals surface area contributed by atoms with Crippen molar-refractivity contribution in [2.24, 2.45) is 0 Å². The number of hydrogen-bond acceptors (Lipinski definition) is 3. The number of amides is 1. The molecule has 0 spiro atoms. The molecule has 2 rings (SSSR count). The van der Waals surface area contributed by atoms with Gasteiger partial charge < -0.3 is 5.32 Å². The Kier molecular flexibility index (Phi) is 3.88. The number of rotatable bonds is 2. The number of carbonyl (C=O) groups is 1. The monoisotopic (exact) mass is 329 g/mol. The second-order valence-electron chi connectivity index (χ2n) is 3.27. The van der Waals surface area contributed by atoms with Gasteiger partial charge in [0.25, 0.3) is 5.91 Å². The molecule has 0 saturated carbocycles. The number of halogens is 3. The minimum Gasteiger partial charge on any atom is -0.306 e. The summed E-state index contributed by atoms with van der Waals surface area (Å²) in [5.74, 6) is -0.754. The van der Waals surface area contributed by atoms with Crippen molar-refractivity contribution in [2.45, 2.75) is 0 Å². The lowest BCUT2D eigenvalue weighted by atomic mass is 10.2. The number of nitrogens with one attached hydrogen (secondary N) is 1. The first-order valence-corrected chi connectivity index (χ1v) is 5.99. The SMILES string of the molecule is O=C(Nc1ccnc(Cl)n1)c1cccc(F)c1Br. The Morgan fingerprint density at radius 1 is 1.39 bits per heavy atom. The van der Waals surface area contributed by atoms with Gasteiger partial charge in [-0.05, 0) is 45.7 Å². The van der Waals surface area contributed by atoms with Crippen LogP contribution in [0.2, 0.25) is 5.28 Å². The highest BCUT2D eigenvalue weighted by molar-refractivity contribution is 9.10. The molecular formula is C11H6BrClFN3O. The van der Waals surface area contributed by atoms with E-state index in [0.29, 0.717) is 0 Å². The Labute approximate surface area is 115 Å². The summed E-state index contributed by atoms with van der Waals surface area (Å²) in [6.07, 6.45) is 1.41. The molecule has 0 aliphatic heterocycles. The zero-order valence-corrected chi connectivity index (χ0v) is 11.2. The lowest BCUT2D eigenvalue weighted by molar-refractivity contribution is 0.102. The molecule has 0 radical (unpaired) electrons. The maximum absolute atomic E-state index is 13.3. The average Bonchev–Trinajstić information content (AvgIpc) is 2.32. The van der Waals surface area contributed by atoms with Gasteiger partial charge in [0, 0.05) is 6.20 Å². The van der Waals surface area contributed by atoms with E-state index in [9.17, 15) is 9.18 Å². The Morgan fingerprint density at radius 3 is 2.89 bits per heavy atom. The van der Waals surface area contributed by atoms with E-state index in [0.717, 1.165) is 0 Å². The molecule has 1 heterocycles. The third-order valence-corrected chi connectivity index (χ3v) is 3.05. The molecule has 0 unspecified atom stereocenters. The van der Waals surface area contributed by atoms with Gasteiger partial charge in [-0.25, -0.2) is 14.4 Å². The minimum atomic E-state index is -0.511. The van der Waals surface area contributed by atoms with Crippen LogP contribution in [0.3, 0.4) is 0 Å². The standard InChI is InChI=1S/C11H6BrClFN3O/c12-9-6(2-1-3-7(9)14)10(18)16-8-4-5-15-11(13)17-8/h1-5H,(H,15,16,17,18). The molecule has 1 aromatic heterocycles. The number of nitrogens with zero attached hydrogens (tertiary/aromatic N) is 2. The van der Waals surface area contributed by atoms with Crippen LogP contribution in [-0.4, -0.2) is 15.9 Å². The van der Waals surface area contributed by atoms with Gasteiger partial charge in [-0.15, -0.1) is 0 Å². The average molecular weight is 331 g/mol. The van der Waals surface area contributed by atoms with E-state index in [2.05, 4.69) is 31.2 Å². The van der Waals surface area contributed by atoms with Gasteiger partial charge in [0.05, 0.1) is 10.0 Å². The molecule has 2 aromatic rings. The van der Waals surface area contributed by atoms with E-state index >= 15 is 0 Å². The molecule has 92 valence electrons. The molecule has 4 nitrogen and oxygen atoms in total. The van der Waals surface area contributed by atoms with Crippen molar-refractivity contribution in [3.8, 4) is 0 Å². The molecule has 0 atom stereocenters. The Balaban J connectivity index is 2.25. The van der Waals surface area contributed by atoms with Crippen molar-refractivity contribution in [2.75, 3.05) is 5.32 Å². The van der Waals surface area contributed by atoms with Crippen LogP contribution < -0.4 is 5.32 Å². The maximum atomic E-state index is 13.3.